The van der Waals surface area contributed by atoms with E-state index < -0.39 is 12.1 Å². The van der Waals surface area contributed by atoms with Crippen LogP contribution in [0.3, 0.4) is 0 Å². The summed E-state index contributed by atoms with van der Waals surface area (Å²) in [5.74, 6) is -0.676. The summed E-state index contributed by atoms with van der Waals surface area (Å²) in [6.45, 7) is 0. The molecule has 2 aromatic rings. The number of ether oxygens (including phenoxy) is 1. The van der Waals surface area contributed by atoms with Gasteiger partial charge >= 0.3 is 5.97 Å². The molecule has 0 saturated heterocycles. The highest BCUT2D eigenvalue weighted by molar-refractivity contribution is 9.10. The molecule has 5 heteroatoms. The molecule has 2 aromatic carbocycles. The van der Waals surface area contributed by atoms with Crippen LogP contribution in [0.25, 0.3) is 0 Å². The summed E-state index contributed by atoms with van der Waals surface area (Å²) in [5, 5.41) is 2.91. The van der Waals surface area contributed by atoms with Gasteiger partial charge in [0.2, 0.25) is 6.10 Å². The lowest BCUT2D eigenvalue weighted by atomic mass is 10.1. The van der Waals surface area contributed by atoms with Crippen molar-refractivity contribution in [3.05, 3.63) is 70.2 Å². The third-order valence-electron chi connectivity index (χ3n) is 3.78. The number of amides is 1. The van der Waals surface area contributed by atoms with Crippen LogP contribution in [0.2, 0.25) is 0 Å². The van der Waals surface area contributed by atoms with Crippen LogP contribution < -0.4 is 5.32 Å². The minimum atomic E-state index is -0.908. The molecule has 1 amide bonds. The average Bonchev–Trinajstić information content (AvgIpc) is 3.39. The molecule has 1 aliphatic rings. The van der Waals surface area contributed by atoms with Crippen LogP contribution >= 0.6 is 15.9 Å². The van der Waals surface area contributed by atoms with Crippen molar-refractivity contribution in [3.63, 3.8) is 0 Å². The first kappa shape index (κ1) is 16.7. The SMILES string of the molecule is O=C(Cc1ccc(Br)cc1)O[C@H](C(=O)NC1CC1)c1ccccc1. The topological polar surface area (TPSA) is 55.4 Å². The van der Waals surface area contributed by atoms with Gasteiger partial charge in [0.15, 0.2) is 0 Å². The molecule has 1 atom stereocenters. The van der Waals surface area contributed by atoms with E-state index in [0.29, 0.717) is 5.56 Å². The highest BCUT2D eigenvalue weighted by Gasteiger charge is 2.30. The van der Waals surface area contributed by atoms with Gasteiger partial charge in [-0.05, 0) is 30.5 Å². The van der Waals surface area contributed by atoms with E-state index in [2.05, 4.69) is 21.2 Å². The van der Waals surface area contributed by atoms with Crippen molar-refractivity contribution in [1.82, 2.24) is 5.32 Å². The molecule has 0 unspecified atom stereocenters. The summed E-state index contributed by atoms with van der Waals surface area (Å²) >= 11 is 3.36. The maximum absolute atomic E-state index is 12.4. The van der Waals surface area contributed by atoms with Gasteiger partial charge in [-0.3, -0.25) is 9.59 Å². The zero-order chi connectivity index (χ0) is 16.9. The largest absolute Gasteiger partial charge is 0.447 e. The van der Waals surface area contributed by atoms with Gasteiger partial charge < -0.3 is 10.1 Å². The average molecular weight is 388 g/mol. The molecule has 1 aliphatic carbocycles. The Labute approximate surface area is 149 Å². The van der Waals surface area contributed by atoms with Crippen LogP contribution in [0.15, 0.2) is 59.1 Å². The van der Waals surface area contributed by atoms with Crippen molar-refractivity contribution in [2.45, 2.75) is 31.4 Å². The molecule has 124 valence electrons. The lowest BCUT2D eigenvalue weighted by Gasteiger charge is -2.18. The Kier molecular flexibility index (Phi) is 5.30. The van der Waals surface area contributed by atoms with Gasteiger partial charge in [0, 0.05) is 16.1 Å². The summed E-state index contributed by atoms with van der Waals surface area (Å²) in [5.41, 5.74) is 1.53. The number of rotatable bonds is 6. The van der Waals surface area contributed by atoms with Crippen LogP contribution in [0.4, 0.5) is 0 Å². The van der Waals surface area contributed by atoms with Crippen LogP contribution in [0.1, 0.15) is 30.1 Å². The summed E-state index contributed by atoms with van der Waals surface area (Å²) in [7, 11) is 0. The number of esters is 1. The van der Waals surface area contributed by atoms with Crippen molar-refractivity contribution >= 4 is 27.8 Å². The first-order chi connectivity index (χ1) is 11.6. The number of hydrogen-bond acceptors (Lipinski definition) is 3. The summed E-state index contributed by atoms with van der Waals surface area (Å²) in [4.78, 5) is 24.7. The molecule has 0 spiro atoms. The van der Waals surface area contributed by atoms with E-state index in [-0.39, 0.29) is 18.4 Å². The monoisotopic (exact) mass is 387 g/mol. The maximum Gasteiger partial charge on any atom is 0.311 e. The Morgan fingerprint density at radius 1 is 1.08 bits per heavy atom. The zero-order valence-corrected chi connectivity index (χ0v) is 14.7. The summed E-state index contributed by atoms with van der Waals surface area (Å²) < 4.78 is 6.45. The fourth-order valence-corrected chi connectivity index (χ4v) is 2.61. The minimum absolute atomic E-state index is 0.132. The molecule has 0 heterocycles. The summed E-state index contributed by atoms with van der Waals surface area (Å²) in [6, 6.07) is 16.8. The first-order valence-electron chi connectivity index (χ1n) is 7.91. The molecule has 24 heavy (non-hydrogen) atoms. The Balaban J connectivity index is 1.69. The lowest BCUT2D eigenvalue weighted by Crippen LogP contribution is -2.33. The number of benzene rings is 2. The van der Waals surface area contributed by atoms with Gasteiger partial charge in [-0.1, -0.05) is 58.4 Å². The van der Waals surface area contributed by atoms with Gasteiger partial charge in [0.25, 0.3) is 5.91 Å². The first-order valence-corrected chi connectivity index (χ1v) is 8.70. The van der Waals surface area contributed by atoms with E-state index >= 15 is 0 Å². The van der Waals surface area contributed by atoms with Crippen molar-refractivity contribution in [1.29, 1.82) is 0 Å². The predicted octanol–water partition coefficient (Wildman–Crippen LogP) is 3.55. The van der Waals surface area contributed by atoms with Crippen LogP contribution in [0.5, 0.6) is 0 Å². The Bertz CT molecular complexity index is 711. The van der Waals surface area contributed by atoms with E-state index in [1.807, 2.05) is 42.5 Å². The van der Waals surface area contributed by atoms with Crippen molar-refractivity contribution in [3.8, 4) is 0 Å². The van der Waals surface area contributed by atoms with Crippen molar-refractivity contribution in [2.24, 2.45) is 0 Å². The Morgan fingerprint density at radius 2 is 1.75 bits per heavy atom. The molecule has 0 radical (unpaired) electrons. The van der Waals surface area contributed by atoms with Gasteiger partial charge in [0.05, 0.1) is 6.42 Å². The van der Waals surface area contributed by atoms with Gasteiger partial charge in [-0.25, -0.2) is 0 Å². The molecule has 1 fully saturated rings. The van der Waals surface area contributed by atoms with E-state index in [0.717, 1.165) is 22.9 Å². The fraction of sp³-hybridized carbons (Fsp3) is 0.263. The van der Waals surface area contributed by atoms with Crippen molar-refractivity contribution < 1.29 is 14.3 Å². The van der Waals surface area contributed by atoms with Crippen LogP contribution in [-0.4, -0.2) is 17.9 Å². The number of nitrogens with one attached hydrogen (secondary N) is 1. The van der Waals surface area contributed by atoms with Crippen LogP contribution in [0, 0.1) is 0 Å². The lowest BCUT2D eigenvalue weighted by molar-refractivity contribution is -0.156. The second kappa shape index (κ2) is 7.62. The van der Waals surface area contributed by atoms with Gasteiger partial charge in [-0.2, -0.15) is 0 Å². The van der Waals surface area contributed by atoms with E-state index in [1.165, 1.54) is 0 Å². The maximum atomic E-state index is 12.4. The fourth-order valence-electron chi connectivity index (χ4n) is 2.35. The van der Waals surface area contributed by atoms with E-state index in [4.69, 9.17) is 4.74 Å². The molecule has 0 aromatic heterocycles. The van der Waals surface area contributed by atoms with E-state index in [1.54, 1.807) is 12.1 Å². The molecule has 0 aliphatic heterocycles. The van der Waals surface area contributed by atoms with Crippen LogP contribution in [-0.2, 0) is 20.7 Å². The number of hydrogen-bond donors (Lipinski definition) is 1. The smallest absolute Gasteiger partial charge is 0.311 e. The highest BCUT2D eigenvalue weighted by Crippen LogP contribution is 2.23. The third kappa shape index (κ3) is 4.68. The highest BCUT2D eigenvalue weighted by atomic mass is 79.9. The molecule has 0 bridgehead atoms. The molecular formula is C19H18BrNO3. The third-order valence-corrected chi connectivity index (χ3v) is 4.30. The molecule has 1 saturated carbocycles. The predicted molar refractivity (Wildman–Crippen MR) is 94.3 cm³/mol. The molecular weight excluding hydrogens is 370 g/mol. The standard InChI is InChI=1S/C19H18BrNO3/c20-15-8-6-13(7-9-15)12-17(22)24-18(14-4-2-1-3-5-14)19(23)21-16-10-11-16/h1-9,16,18H,10-12H2,(H,21,23)/t18-/m0/s1. The van der Waals surface area contributed by atoms with Crippen molar-refractivity contribution in [2.75, 3.05) is 0 Å². The van der Waals surface area contributed by atoms with Gasteiger partial charge in [0.1, 0.15) is 0 Å². The van der Waals surface area contributed by atoms with Gasteiger partial charge in [-0.15, -0.1) is 0 Å². The second-order valence-electron chi connectivity index (χ2n) is 5.87. The normalized spacial score (nSPS) is 14.7. The quantitative estimate of drug-likeness (QED) is 0.770. The molecule has 3 rings (SSSR count). The zero-order valence-electron chi connectivity index (χ0n) is 13.1. The number of carbonyl (C=O) groups is 2. The Hall–Kier alpha value is -2.14. The molecule has 1 N–H and O–H groups in total. The Morgan fingerprint density at radius 3 is 2.38 bits per heavy atom. The molecule has 4 nitrogen and oxygen atoms in total. The minimum Gasteiger partial charge on any atom is -0.447 e. The second-order valence-corrected chi connectivity index (χ2v) is 6.78. The number of carbonyl (C=O) groups excluding carboxylic acids is 2. The van der Waals surface area contributed by atoms with E-state index in [9.17, 15) is 9.59 Å². The number of halogens is 1. The summed E-state index contributed by atoms with van der Waals surface area (Å²) in [6.07, 6.45) is 1.20.